The smallest absolute Gasteiger partial charge is 0.368 e. The number of halogens is 3. The second-order valence-corrected chi connectivity index (χ2v) is 6.20. The number of rotatable bonds is 2. The van der Waals surface area contributed by atoms with Gasteiger partial charge in [0.25, 0.3) is 11.8 Å². The number of hydrogen-bond donors (Lipinski definition) is 0. The average Bonchev–Trinajstić information content (AvgIpc) is 3.15. The molecule has 25 heavy (non-hydrogen) atoms. The van der Waals surface area contributed by atoms with Crippen molar-refractivity contribution in [3.05, 3.63) is 35.4 Å². The summed E-state index contributed by atoms with van der Waals surface area (Å²) in [6, 6.07) is 4.41. The van der Waals surface area contributed by atoms with Crippen LogP contribution in [0.4, 0.5) is 13.2 Å². The van der Waals surface area contributed by atoms with E-state index in [0.29, 0.717) is 39.2 Å². The highest BCUT2D eigenvalue weighted by Crippen LogP contribution is 2.29. The van der Waals surface area contributed by atoms with Crippen molar-refractivity contribution < 1.29 is 27.5 Å². The standard InChI is InChI=1S/C17H19F3N2O3/c18-17(19,20)13-4-1-3-12(11-13)15(23)21-6-8-22(9-7-21)16(24)14-5-2-10-25-14/h1,3-4,11,14H,2,5-10H2/t14-/m0/s1. The summed E-state index contributed by atoms with van der Waals surface area (Å²) >= 11 is 0. The number of benzene rings is 1. The van der Waals surface area contributed by atoms with Gasteiger partial charge in [0.05, 0.1) is 5.56 Å². The van der Waals surface area contributed by atoms with Crippen molar-refractivity contribution in [3.8, 4) is 0 Å². The molecule has 1 aromatic carbocycles. The molecular weight excluding hydrogens is 337 g/mol. The fraction of sp³-hybridized carbons (Fsp3) is 0.529. The Morgan fingerprint density at radius 3 is 2.36 bits per heavy atom. The molecule has 0 aliphatic carbocycles. The van der Waals surface area contributed by atoms with Crippen LogP contribution in [0.25, 0.3) is 0 Å². The minimum absolute atomic E-state index is 0.00808. The summed E-state index contributed by atoms with van der Waals surface area (Å²) in [4.78, 5) is 27.9. The molecule has 136 valence electrons. The average molecular weight is 356 g/mol. The van der Waals surface area contributed by atoms with Crippen LogP contribution in [-0.2, 0) is 15.7 Å². The predicted molar refractivity (Wildman–Crippen MR) is 82.9 cm³/mol. The normalized spacial score (nSPS) is 21.5. The van der Waals surface area contributed by atoms with Crippen LogP contribution in [0.5, 0.6) is 0 Å². The largest absolute Gasteiger partial charge is 0.416 e. The molecule has 0 radical (unpaired) electrons. The van der Waals surface area contributed by atoms with Gasteiger partial charge in [-0.25, -0.2) is 0 Å². The van der Waals surface area contributed by atoms with Gasteiger partial charge in [-0.2, -0.15) is 13.2 Å². The van der Waals surface area contributed by atoms with Crippen LogP contribution in [0.1, 0.15) is 28.8 Å². The lowest BCUT2D eigenvalue weighted by molar-refractivity contribution is -0.142. The molecule has 0 N–H and O–H groups in total. The maximum absolute atomic E-state index is 12.8. The Kier molecular flexibility index (Phi) is 4.99. The fourth-order valence-corrected chi connectivity index (χ4v) is 3.12. The zero-order valence-corrected chi connectivity index (χ0v) is 13.6. The number of carbonyl (C=O) groups excluding carboxylic acids is 2. The molecule has 2 aliphatic heterocycles. The van der Waals surface area contributed by atoms with Crippen molar-refractivity contribution in [1.82, 2.24) is 9.80 Å². The summed E-state index contributed by atoms with van der Waals surface area (Å²) in [6.07, 6.45) is -3.30. The molecule has 5 nitrogen and oxygen atoms in total. The van der Waals surface area contributed by atoms with E-state index in [1.165, 1.54) is 17.0 Å². The van der Waals surface area contributed by atoms with E-state index >= 15 is 0 Å². The van der Waals surface area contributed by atoms with Crippen molar-refractivity contribution in [2.75, 3.05) is 32.8 Å². The summed E-state index contributed by atoms with van der Waals surface area (Å²) in [7, 11) is 0. The monoisotopic (exact) mass is 356 g/mol. The van der Waals surface area contributed by atoms with Crippen LogP contribution in [0.3, 0.4) is 0 Å². The van der Waals surface area contributed by atoms with Gasteiger partial charge in [0.1, 0.15) is 6.10 Å². The number of hydrogen-bond acceptors (Lipinski definition) is 3. The van der Waals surface area contributed by atoms with E-state index in [1.807, 2.05) is 0 Å². The van der Waals surface area contributed by atoms with E-state index < -0.39 is 23.8 Å². The molecule has 0 aromatic heterocycles. The first-order valence-electron chi connectivity index (χ1n) is 8.23. The van der Waals surface area contributed by atoms with Crippen LogP contribution < -0.4 is 0 Å². The summed E-state index contributed by atoms with van der Waals surface area (Å²) in [6.45, 7) is 1.91. The zero-order valence-electron chi connectivity index (χ0n) is 13.6. The van der Waals surface area contributed by atoms with Crippen molar-refractivity contribution in [3.63, 3.8) is 0 Å². The first-order valence-corrected chi connectivity index (χ1v) is 8.23. The lowest BCUT2D eigenvalue weighted by Crippen LogP contribution is -2.52. The van der Waals surface area contributed by atoms with Crippen LogP contribution in [-0.4, -0.2) is 60.5 Å². The van der Waals surface area contributed by atoms with Gasteiger partial charge in [0.15, 0.2) is 0 Å². The Hall–Kier alpha value is -2.09. The number of ether oxygens (including phenoxy) is 1. The molecule has 1 atom stereocenters. The molecule has 2 amide bonds. The van der Waals surface area contributed by atoms with Crippen LogP contribution in [0.2, 0.25) is 0 Å². The van der Waals surface area contributed by atoms with Crippen molar-refractivity contribution in [2.24, 2.45) is 0 Å². The van der Waals surface area contributed by atoms with E-state index in [4.69, 9.17) is 4.74 Å². The van der Waals surface area contributed by atoms with Gasteiger partial charge >= 0.3 is 6.18 Å². The zero-order chi connectivity index (χ0) is 18.0. The van der Waals surface area contributed by atoms with Gasteiger partial charge in [-0.1, -0.05) is 6.07 Å². The first-order chi connectivity index (χ1) is 11.9. The van der Waals surface area contributed by atoms with E-state index in [9.17, 15) is 22.8 Å². The third-order valence-corrected chi connectivity index (χ3v) is 4.52. The van der Waals surface area contributed by atoms with Crippen molar-refractivity contribution in [2.45, 2.75) is 25.1 Å². The van der Waals surface area contributed by atoms with Crippen molar-refractivity contribution >= 4 is 11.8 Å². The number of piperazine rings is 1. The Morgan fingerprint density at radius 1 is 1.08 bits per heavy atom. The molecule has 2 aliphatic rings. The predicted octanol–water partition coefficient (Wildman–Crippen LogP) is 2.17. The van der Waals surface area contributed by atoms with E-state index in [0.717, 1.165) is 18.6 Å². The number of amides is 2. The minimum atomic E-state index is -4.48. The lowest BCUT2D eigenvalue weighted by Gasteiger charge is -2.35. The Bertz CT molecular complexity index is 649. The number of nitrogens with zero attached hydrogens (tertiary/aromatic N) is 2. The van der Waals surface area contributed by atoms with Gasteiger partial charge in [-0.3, -0.25) is 9.59 Å². The van der Waals surface area contributed by atoms with Crippen molar-refractivity contribution in [1.29, 1.82) is 0 Å². The molecule has 0 unspecified atom stereocenters. The molecule has 0 spiro atoms. The SMILES string of the molecule is O=C(c1cccc(C(F)(F)F)c1)N1CCN(C(=O)[C@@H]2CCCO2)CC1. The Balaban J connectivity index is 1.61. The van der Waals surface area contributed by atoms with E-state index in [-0.39, 0.29) is 11.5 Å². The molecule has 0 bridgehead atoms. The maximum Gasteiger partial charge on any atom is 0.416 e. The molecule has 0 saturated carbocycles. The van der Waals surface area contributed by atoms with Gasteiger partial charge in [0.2, 0.25) is 0 Å². The maximum atomic E-state index is 12.8. The van der Waals surface area contributed by atoms with Gasteiger partial charge in [-0.15, -0.1) is 0 Å². The lowest BCUT2D eigenvalue weighted by atomic mass is 10.1. The van der Waals surface area contributed by atoms with Crippen LogP contribution >= 0.6 is 0 Å². The van der Waals surface area contributed by atoms with E-state index in [2.05, 4.69) is 0 Å². The highest BCUT2D eigenvalue weighted by atomic mass is 19.4. The second kappa shape index (κ2) is 7.03. The minimum Gasteiger partial charge on any atom is -0.368 e. The highest BCUT2D eigenvalue weighted by Gasteiger charge is 2.33. The van der Waals surface area contributed by atoms with Gasteiger partial charge in [0, 0.05) is 38.3 Å². The fourth-order valence-electron chi connectivity index (χ4n) is 3.12. The molecule has 3 rings (SSSR count). The Morgan fingerprint density at radius 2 is 1.76 bits per heavy atom. The Labute approximate surface area is 143 Å². The summed E-state index contributed by atoms with van der Waals surface area (Å²) in [5, 5.41) is 0. The first kappa shape index (κ1) is 17.7. The summed E-state index contributed by atoms with van der Waals surface area (Å²) in [5.74, 6) is -0.515. The van der Waals surface area contributed by atoms with Crippen LogP contribution in [0.15, 0.2) is 24.3 Å². The molecule has 1 aromatic rings. The molecule has 8 heteroatoms. The molecule has 2 fully saturated rings. The molecule has 2 saturated heterocycles. The second-order valence-electron chi connectivity index (χ2n) is 6.20. The topological polar surface area (TPSA) is 49.9 Å². The highest BCUT2D eigenvalue weighted by molar-refractivity contribution is 5.94. The van der Waals surface area contributed by atoms with Gasteiger partial charge in [-0.05, 0) is 31.0 Å². The van der Waals surface area contributed by atoms with Crippen LogP contribution in [0, 0.1) is 0 Å². The quantitative estimate of drug-likeness (QED) is 0.816. The third kappa shape index (κ3) is 3.95. The molecular formula is C17H19F3N2O3. The number of carbonyl (C=O) groups is 2. The summed E-state index contributed by atoms with van der Waals surface area (Å²) in [5.41, 5.74) is -0.834. The van der Waals surface area contributed by atoms with Gasteiger partial charge < -0.3 is 14.5 Å². The van der Waals surface area contributed by atoms with E-state index in [1.54, 1.807) is 4.90 Å². The summed E-state index contributed by atoms with van der Waals surface area (Å²) < 4.78 is 43.7. The number of alkyl halides is 3. The third-order valence-electron chi connectivity index (χ3n) is 4.52. The molecule has 2 heterocycles.